The number of unbranched alkanes of at least 4 members (excludes halogenated alkanes) is 1. The van der Waals surface area contributed by atoms with Crippen molar-refractivity contribution in [1.29, 1.82) is 0 Å². The SMILES string of the molecule is CCCCNc1cc(NCC)nc(CCC)n1. The van der Waals surface area contributed by atoms with Crippen LogP contribution in [-0.4, -0.2) is 23.1 Å². The predicted molar refractivity (Wildman–Crippen MR) is 73.6 cm³/mol. The molecule has 0 atom stereocenters. The van der Waals surface area contributed by atoms with Crippen LogP contribution in [0.5, 0.6) is 0 Å². The van der Waals surface area contributed by atoms with Gasteiger partial charge in [0.15, 0.2) is 0 Å². The highest BCUT2D eigenvalue weighted by Gasteiger charge is 2.03. The molecule has 1 rings (SSSR count). The Morgan fingerprint density at radius 2 is 1.71 bits per heavy atom. The first kappa shape index (κ1) is 13.7. The number of aryl methyl sites for hydroxylation is 1. The van der Waals surface area contributed by atoms with Gasteiger partial charge in [-0.1, -0.05) is 20.3 Å². The van der Waals surface area contributed by atoms with Crippen molar-refractivity contribution in [3.63, 3.8) is 0 Å². The van der Waals surface area contributed by atoms with Crippen molar-refractivity contribution in [2.45, 2.75) is 46.5 Å². The number of rotatable bonds is 8. The maximum absolute atomic E-state index is 4.51. The molecule has 4 heteroatoms. The minimum absolute atomic E-state index is 0.886. The molecule has 1 heterocycles. The first-order chi connectivity index (χ1) is 8.30. The van der Waals surface area contributed by atoms with Crippen LogP contribution in [0.4, 0.5) is 11.6 Å². The lowest BCUT2D eigenvalue weighted by molar-refractivity contribution is 0.813. The predicted octanol–water partition coefficient (Wildman–Crippen LogP) is 3.07. The summed E-state index contributed by atoms with van der Waals surface area (Å²) in [6, 6.07) is 1.98. The van der Waals surface area contributed by atoms with Crippen molar-refractivity contribution in [3.05, 3.63) is 11.9 Å². The smallest absolute Gasteiger partial charge is 0.133 e. The number of hydrogen-bond donors (Lipinski definition) is 2. The van der Waals surface area contributed by atoms with E-state index in [-0.39, 0.29) is 0 Å². The highest BCUT2D eigenvalue weighted by Crippen LogP contribution is 2.12. The molecule has 0 amide bonds. The Morgan fingerprint density at radius 1 is 1.00 bits per heavy atom. The number of aromatic nitrogens is 2. The van der Waals surface area contributed by atoms with E-state index in [1.54, 1.807) is 0 Å². The molecule has 0 aliphatic rings. The average Bonchev–Trinajstić information content (AvgIpc) is 2.30. The highest BCUT2D eigenvalue weighted by atomic mass is 15.1. The van der Waals surface area contributed by atoms with Crippen molar-refractivity contribution in [2.75, 3.05) is 23.7 Å². The third-order valence-corrected chi connectivity index (χ3v) is 2.44. The molecule has 0 radical (unpaired) electrons. The van der Waals surface area contributed by atoms with Crippen LogP contribution in [0.1, 0.15) is 45.9 Å². The van der Waals surface area contributed by atoms with E-state index in [1.165, 1.54) is 12.8 Å². The lowest BCUT2D eigenvalue weighted by Crippen LogP contribution is -2.08. The maximum atomic E-state index is 4.51. The van der Waals surface area contributed by atoms with Gasteiger partial charge in [-0.2, -0.15) is 0 Å². The molecule has 0 bridgehead atoms. The molecule has 1 aromatic heterocycles. The summed E-state index contributed by atoms with van der Waals surface area (Å²) in [7, 11) is 0. The molecule has 0 saturated carbocycles. The van der Waals surface area contributed by atoms with E-state index >= 15 is 0 Å². The maximum Gasteiger partial charge on any atom is 0.133 e. The van der Waals surface area contributed by atoms with Crippen LogP contribution in [0.3, 0.4) is 0 Å². The highest BCUT2D eigenvalue weighted by molar-refractivity contribution is 5.47. The Balaban J connectivity index is 2.72. The van der Waals surface area contributed by atoms with E-state index in [9.17, 15) is 0 Å². The van der Waals surface area contributed by atoms with Gasteiger partial charge < -0.3 is 10.6 Å². The second kappa shape index (κ2) is 7.87. The summed E-state index contributed by atoms with van der Waals surface area (Å²) in [5.74, 6) is 2.78. The zero-order valence-electron chi connectivity index (χ0n) is 11.2. The fourth-order valence-corrected chi connectivity index (χ4v) is 1.59. The van der Waals surface area contributed by atoms with Gasteiger partial charge in [0.05, 0.1) is 0 Å². The zero-order valence-corrected chi connectivity index (χ0v) is 11.2. The van der Waals surface area contributed by atoms with Gasteiger partial charge in [0.2, 0.25) is 0 Å². The van der Waals surface area contributed by atoms with E-state index in [2.05, 4.69) is 41.4 Å². The van der Waals surface area contributed by atoms with Crippen LogP contribution in [0.25, 0.3) is 0 Å². The monoisotopic (exact) mass is 236 g/mol. The number of nitrogens with zero attached hydrogens (tertiary/aromatic N) is 2. The molecule has 0 unspecified atom stereocenters. The standard InChI is InChI=1S/C13H24N4/c1-4-7-9-15-13-10-12(14-6-3)16-11(17-13)8-5-2/h10H,4-9H2,1-3H3,(H2,14,15,16,17). The molecule has 17 heavy (non-hydrogen) atoms. The Morgan fingerprint density at radius 3 is 2.29 bits per heavy atom. The molecule has 0 spiro atoms. The van der Waals surface area contributed by atoms with Crippen LogP contribution in [0.2, 0.25) is 0 Å². The van der Waals surface area contributed by atoms with Crippen molar-refractivity contribution < 1.29 is 0 Å². The average molecular weight is 236 g/mol. The molecule has 0 aliphatic carbocycles. The largest absolute Gasteiger partial charge is 0.370 e. The third-order valence-electron chi connectivity index (χ3n) is 2.44. The molecule has 0 fully saturated rings. The molecular formula is C13H24N4. The van der Waals surface area contributed by atoms with Gasteiger partial charge >= 0.3 is 0 Å². The zero-order chi connectivity index (χ0) is 12.5. The molecular weight excluding hydrogens is 212 g/mol. The first-order valence-electron chi connectivity index (χ1n) is 6.65. The van der Waals surface area contributed by atoms with Crippen molar-refractivity contribution in [1.82, 2.24) is 9.97 Å². The summed E-state index contributed by atoms with van der Waals surface area (Å²) in [6.45, 7) is 8.27. The number of hydrogen-bond acceptors (Lipinski definition) is 4. The summed E-state index contributed by atoms with van der Waals surface area (Å²) >= 11 is 0. The molecule has 4 nitrogen and oxygen atoms in total. The van der Waals surface area contributed by atoms with Crippen LogP contribution in [0.15, 0.2) is 6.07 Å². The Kier molecular flexibility index (Phi) is 6.37. The molecule has 0 saturated heterocycles. The fourth-order valence-electron chi connectivity index (χ4n) is 1.59. The lowest BCUT2D eigenvalue weighted by Gasteiger charge is -2.10. The van der Waals surface area contributed by atoms with Crippen LogP contribution in [-0.2, 0) is 6.42 Å². The molecule has 1 aromatic rings. The van der Waals surface area contributed by atoms with Crippen molar-refractivity contribution in [3.8, 4) is 0 Å². The van der Waals surface area contributed by atoms with Crippen molar-refractivity contribution >= 4 is 11.6 Å². The third kappa shape index (κ3) is 5.02. The summed E-state index contributed by atoms with van der Waals surface area (Å²) in [5, 5.41) is 6.60. The summed E-state index contributed by atoms with van der Waals surface area (Å²) in [5.41, 5.74) is 0. The van der Waals surface area contributed by atoms with Crippen molar-refractivity contribution in [2.24, 2.45) is 0 Å². The second-order valence-electron chi connectivity index (χ2n) is 4.12. The van der Waals surface area contributed by atoms with Crippen LogP contribution in [0, 0.1) is 0 Å². The Hall–Kier alpha value is -1.32. The summed E-state index contributed by atoms with van der Waals surface area (Å²) in [4.78, 5) is 8.99. The number of anilines is 2. The second-order valence-corrected chi connectivity index (χ2v) is 4.12. The van der Waals surface area contributed by atoms with Gasteiger partial charge in [0, 0.05) is 25.6 Å². The summed E-state index contributed by atoms with van der Waals surface area (Å²) < 4.78 is 0. The number of nitrogens with one attached hydrogen (secondary N) is 2. The minimum Gasteiger partial charge on any atom is -0.370 e. The van der Waals surface area contributed by atoms with Gasteiger partial charge in [0.25, 0.3) is 0 Å². The van der Waals surface area contributed by atoms with E-state index in [1.807, 2.05) is 6.07 Å². The van der Waals surface area contributed by atoms with E-state index < -0.39 is 0 Å². The van der Waals surface area contributed by atoms with Gasteiger partial charge in [-0.3, -0.25) is 0 Å². The Labute approximate surface area is 104 Å². The van der Waals surface area contributed by atoms with Gasteiger partial charge in [0.1, 0.15) is 17.5 Å². The topological polar surface area (TPSA) is 49.8 Å². The van der Waals surface area contributed by atoms with E-state index in [0.717, 1.165) is 43.4 Å². The minimum atomic E-state index is 0.886. The molecule has 0 aliphatic heterocycles. The van der Waals surface area contributed by atoms with Crippen LogP contribution < -0.4 is 10.6 Å². The van der Waals surface area contributed by atoms with Gasteiger partial charge in [-0.05, 0) is 19.8 Å². The first-order valence-corrected chi connectivity index (χ1v) is 6.65. The van der Waals surface area contributed by atoms with Gasteiger partial charge in [-0.25, -0.2) is 9.97 Å². The van der Waals surface area contributed by atoms with Gasteiger partial charge in [-0.15, -0.1) is 0 Å². The molecule has 0 aromatic carbocycles. The molecule has 2 N–H and O–H groups in total. The summed E-state index contributed by atoms with van der Waals surface area (Å²) in [6.07, 6.45) is 4.37. The van der Waals surface area contributed by atoms with E-state index in [0.29, 0.717) is 0 Å². The molecule has 96 valence electrons. The normalized spacial score (nSPS) is 10.3. The Bertz CT molecular complexity index is 301. The lowest BCUT2D eigenvalue weighted by atomic mass is 10.3. The quantitative estimate of drug-likeness (QED) is 0.681. The fraction of sp³-hybridized carbons (Fsp3) is 0.692. The van der Waals surface area contributed by atoms with Crippen LogP contribution >= 0.6 is 0 Å². The van der Waals surface area contributed by atoms with E-state index in [4.69, 9.17) is 0 Å².